The highest BCUT2D eigenvalue weighted by Crippen LogP contribution is 2.36. The molecule has 0 bridgehead atoms. The normalized spacial score (nSPS) is 29.5. The molecule has 0 saturated heterocycles. The van der Waals surface area contributed by atoms with Gasteiger partial charge in [-0.3, -0.25) is 4.79 Å². The number of nitrogens with one attached hydrogen (secondary N) is 2. The number of amides is 1. The molecule has 1 saturated carbocycles. The van der Waals surface area contributed by atoms with Crippen LogP contribution in [0.5, 0.6) is 0 Å². The third-order valence-corrected chi connectivity index (χ3v) is 4.21. The van der Waals surface area contributed by atoms with Gasteiger partial charge >= 0.3 is 0 Å². The highest BCUT2D eigenvalue weighted by Gasteiger charge is 2.33. The van der Waals surface area contributed by atoms with Crippen molar-refractivity contribution in [3.05, 3.63) is 35.4 Å². The van der Waals surface area contributed by atoms with Crippen molar-refractivity contribution >= 4 is 5.91 Å². The summed E-state index contributed by atoms with van der Waals surface area (Å²) in [5, 5.41) is 6.39. The third kappa shape index (κ3) is 2.41. The molecule has 0 aromatic heterocycles. The molecule has 1 aromatic rings. The molecule has 2 aliphatic rings. The molecule has 3 rings (SSSR count). The lowest BCUT2D eigenvalue weighted by Crippen LogP contribution is -2.48. The summed E-state index contributed by atoms with van der Waals surface area (Å²) >= 11 is 0. The molecule has 1 aliphatic carbocycles. The second kappa shape index (κ2) is 4.73. The van der Waals surface area contributed by atoms with Gasteiger partial charge in [-0.05, 0) is 35.8 Å². The van der Waals surface area contributed by atoms with E-state index in [1.165, 1.54) is 17.5 Å². The Morgan fingerprint density at radius 1 is 1.39 bits per heavy atom. The second-order valence-corrected chi connectivity index (χ2v) is 5.62. The minimum absolute atomic E-state index is 0.0612. The van der Waals surface area contributed by atoms with Gasteiger partial charge < -0.3 is 10.6 Å². The monoisotopic (exact) mass is 244 g/mol. The number of hydrogen-bond donors (Lipinski definition) is 2. The minimum Gasteiger partial charge on any atom is -0.354 e. The Hall–Kier alpha value is -1.35. The van der Waals surface area contributed by atoms with Gasteiger partial charge in [0.15, 0.2) is 0 Å². The molecule has 1 aliphatic heterocycles. The quantitative estimate of drug-likeness (QED) is 0.845. The van der Waals surface area contributed by atoms with Crippen LogP contribution in [0.25, 0.3) is 0 Å². The largest absolute Gasteiger partial charge is 0.354 e. The first kappa shape index (κ1) is 11.7. The molecular formula is C15H20N2O. The van der Waals surface area contributed by atoms with Gasteiger partial charge in [-0.2, -0.15) is 0 Å². The zero-order valence-corrected chi connectivity index (χ0v) is 10.8. The predicted molar refractivity (Wildman–Crippen MR) is 71.1 cm³/mol. The summed E-state index contributed by atoms with van der Waals surface area (Å²) in [5.74, 6) is 1.67. The van der Waals surface area contributed by atoms with Crippen molar-refractivity contribution in [3.8, 4) is 0 Å². The van der Waals surface area contributed by atoms with Crippen molar-refractivity contribution in [2.24, 2.45) is 11.8 Å². The van der Waals surface area contributed by atoms with Gasteiger partial charge in [0.25, 0.3) is 0 Å². The molecule has 96 valence electrons. The van der Waals surface area contributed by atoms with Gasteiger partial charge in [0.2, 0.25) is 5.91 Å². The molecule has 1 aromatic carbocycles. The molecule has 18 heavy (non-hydrogen) atoms. The molecule has 1 fully saturated rings. The van der Waals surface area contributed by atoms with E-state index in [9.17, 15) is 4.79 Å². The summed E-state index contributed by atoms with van der Waals surface area (Å²) in [7, 11) is 0. The Morgan fingerprint density at radius 2 is 2.11 bits per heavy atom. The SMILES string of the molecule is CC1CC1CNC(=O)C1Cc2ccccc2CN1. The van der Waals surface area contributed by atoms with E-state index >= 15 is 0 Å². The fraction of sp³-hybridized carbons (Fsp3) is 0.533. The molecule has 3 nitrogen and oxygen atoms in total. The third-order valence-electron chi connectivity index (χ3n) is 4.21. The summed E-state index contributed by atoms with van der Waals surface area (Å²) in [5.41, 5.74) is 2.62. The lowest BCUT2D eigenvalue weighted by molar-refractivity contribution is -0.123. The van der Waals surface area contributed by atoms with Gasteiger partial charge in [-0.25, -0.2) is 0 Å². The van der Waals surface area contributed by atoms with Crippen molar-refractivity contribution in [1.82, 2.24) is 10.6 Å². The average Bonchev–Trinajstić information content (AvgIpc) is 3.11. The lowest BCUT2D eigenvalue weighted by Gasteiger charge is -2.25. The molecule has 0 radical (unpaired) electrons. The van der Waals surface area contributed by atoms with E-state index in [-0.39, 0.29) is 11.9 Å². The maximum Gasteiger partial charge on any atom is 0.237 e. The van der Waals surface area contributed by atoms with Gasteiger partial charge in [-0.15, -0.1) is 0 Å². The lowest BCUT2D eigenvalue weighted by atomic mass is 9.95. The van der Waals surface area contributed by atoms with Crippen molar-refractivity contribution in [1.29, 1.82) is 0 Å². The predicted octanol–water partition coefficient (Wildman–Crippen LogP) is 1.47. The number of fused-ring (bicyclic) bond motifs is 1. The number of benzene rings is 1. The van der Waals surface area contributed by atoms with E-state index < -0.39 is 0 Å². The molecular weight excluding hydrogens is 224 g/mol. The van der Waals surface area contributed by atoms with Crippen LogP contribution in [-0.4, -0.2) is 18.5 Å². The fourth-order valence-corrected chi connectivity index (χ4v) is 2.68. The van der Waals surface area contributed by atoms with Crippen molar-refractivity contribution in [2.45, 2.75) is 32.4 Å². The first-order chi connectivity index (χ1) is 8.74. The maximum absolute atomic E-state index is 12.1. The van der Waals surface area contributed by atoms with E-state index in [1.807, 2.05) is 6.07 Å². The molecule has 0 spiro atoms. The highest BCUT2D eigenvalue weighted by molar-refractivity contribution is 5.82. The zero-order chi connectivity index (χ0) is 12.5. The standard InChI is InChI=1S/C15H20N2O/c1-10-6-13(10)9-17-15(18)14-7-11-4-2-3-5-12(11)8-16-14/h2-5,10,13-14,16H,6-9H2,1H3,(H,17,18). The van der Waals surface area contributed by atoms with Gasteiger partial charge in [0.05, 0.1) is 6.04 Å². The minimum atomic E-state index is -0.0612. The number of carbonyl (C=O) groups is 1. The van der Waals surface area contributed by atoms with E-state index in [1.54, 1.807) is 0 Å². The van der Waals surface area contributed by atoms with Crippen molar-refractivity contribution < 1.29 is 4.79 Å². The van der Waals surface area contributed by atoms with Crippen LogP contribution in [0.1, 0.15) is 24.5 Å². The molecule has 2 N–H and O–H groups in total. The van der Waals surface area contributed by atoms with Crippen LogP contribution in [0.15, 0.2) is 24.3 Å². The van der Waals surface area contributed by atoms with E-state index in [2.05, 4.69) is 35.8 Å². The summed E-state index contributed by atoms with van der Waals surface area (Å²) in [6, 6.07) is 8.29. The van der Waals surface area contributed by atoms with Crippen molar-refractivity contribution in [2.75, 3.05) is 6.54 Å². The maximum atomic E-state index is 12.1. The summed E-state index contributed by atoms with van der Waals surface area (Å²) < 4.78 is 0. The second-order valence-electron chi connectivity index (χ2n) is 5.62. The van der Waals surface area contributed by atoms with Crippen LogP contribution in [0.4, 0.5) is 0 Å². The molecule has 1 heterocycles. The zero-order valence-electron chi connectivity index (χ0n) is 10.8. The molecule has 1 amide bonds. The van der Waals surface area contributed by atoms with E-state index in [0.717, 1.165) is 25.4 Å². The summed E-state index contributed by atoms with van der Waals surface area (Å²) in [6.45, 7) is 3.89. The highest BCUT2D eigenvalue weighted by atomic mass is 16.2. The van der Waals surface area contributed by atoms with Crippen LogP contribution in [0.2, 0.25) is 0 Å². The Balaban J connectivity index is 1.56. The summed E-state index contributed by atoms with van der Waals surface area (Å²) in [4.78, 5) is 12.1. The van der Waals surface area contributed by atoms with Crippen LogP contribution in [0.3, 0.4) is 0 Å². The molecule has 3 unspecified atom stereocenters. The first-order valence-corrected chi connectivity index (χ1v) is 6.82. The van der Waals surface area contributed by atoms with Gasteiger partial charge in [0.1, 0.15) is 0 Å². The van der Waals surface area contributed by atoms with Gasteiger partial charge in [-0.1, -0.05) is 31.2 Å². The smallest absolute Gasteiger partial charge is 0.237 e. The average molecular weight is 244 g/mol. The fourth-order valence-electron chi connectivity index (χ4n) is 2.68. The van der Waals surface area contributed by atoms with Crippen LogP contribution in [0, 0.1) is 11.8 Å². The first-order valence-electron chi connectivity index (χ1n) is 6.82. The van der Waals surface area contributed by atoms with Crippen LogP contribution < -0.4 is 10.6 Å². The van der Waals surface area contributed by atoms with Crippen LogP contribution in [-0.2, 0) is 17.8 Å². The Morgan fingerprint density at radius 3 is 2.83 bits per heavy atom. The van der Waals surface area contributed by atoms with E-state index in [0.29, 0.717) is 5.92 Å². The topological polar surface area (TPSA) is 41.1 Å². The Kier molecular flexibility index (Phi) is 3.08. The van der Waals surface area contributed by atoms with Gasteiger partial charge in [0, 0.05) is 13.1 Å². The van der Waals surface area contributed by atoms with Crippen molar-refractivity contribution in [3.63, 3.8) is 0 Å². The van der Waals surface area contributed by atoms with E-state index in [4.69, 9.17) is 0 Å². The number of carbonyl (C=O) groups excluding carboxylic acids is 1. The molecule has 3 heteroatoms. The number of hydrogen-bond acceptors (Lipinski definition) is 2. The number of rotatable bonds is 3. The Labute approximate surface area is 108 Å². The van der Waals surface area contributed by atoms with Crippen LogP contribution >= 0.6 is 0 Å². The summed E-state index contributed by atoms with van der Waals surface area (Å²) in [6.07, 6.45) is 2.07. The Bertz CT molecular complexity index is 458. The molecule has 3 atom stereocenters.